The molecule has 3 nitrogen and oxygen atoms in total. The zero-order valence-corrected chi connectivity index (χ0v) is 8.48. The molecule has 1 aliphatic carbocycles. The highest BCUT2D eigenvalue weighted by atomic mass is 32.1. The van der Waals surface area contributed by atoms with Crippen LogP contribution in [0, 0.1) is 0 Å². The summed E-state index contributed by atoms with van der Waals surface area (Å²) in [5.74, 6) is -0.284. The minimum atomic E-state index is -0.284. The molecule has 1 saturated carbocycles. The molecule has 1 aromatic heterocycles. The molecule has 0 aromatic carbocycles. The van der Waals surface area contributed by atoms with Gasteiger partial charge < -0.3 is 4.74 Å². The van der Waals surface area contributed by atoms with Crippen molar-refractivity contribution in [3.63, 3.8) is 0 Å². The number of esters is 1. The van der Waals surface area contributed by atoms with Gasteiger partial charge in [0.2, 0.25) is 0 Å². The molecule has 1 heterocycles. The first kappa shape index (κ1) is 8.69. The molecule has 0 bridgehead atoms. The van der Waals surface area contributed by atoms with Gasteiger partial charge in [0.25, 0.3) is 0 Å². The quantitative estimate of drug-likeness (QED) is 0.680. The fourth-order valence-corrected chi connectivity index (χ4v) is 2.19. The molecule has 1 aromatic rings. The first-order valence-electron chi connectivity index (χ1n) is 4.20. The SMILES string of the molecule is COC(=O)c1cnc(C2(C)CC2)s1. The van der Waals surface area contributed by atoms with Gasteiger partial charge >= 0.3 is 5.97 Å². The highest BCUT2D eigenvalue weighted by Crippen LogP contribution is 2.48. The van der Waals surface area contributed by atoms with Gasteiger partial charge in [-0.1, -0.05) is 6.92 Å². The summed E-state index contributed by atoms with van der Waals surface area (Å²) in [7, 11) is 1.39. The molecular weight excluding hydrogens is 186 g/mol. The van der Waals surface area contributed by atoms with E-state index in [1.165, 1.54) is 31.3 Å². The van der Waals surface area contributed by atoms with Crippen LogP contribution in [-0.2, 0) is 10.2 Å². The molecule has 0 unspecified atom stereocenters. The van der Waals surface area contributed by atoms with Crippen LogP contribution in [0.5, 0.6) is 0 Å². The van der Waals surface area contributed by atoms with Crippen molar-refractivity contribution in [2.75, 3.05) is 7.11 Å². The molecule has 0 spiro atoms. The zero-order valence-electron chi connectivity index (χ0n) is 7.66. The van der Waals surface area contributed by atoms with Crippen LogP contribution in [0.4, 0.5) is 0 Å². The Morgan fingerprint density at radius 2 is 2.38 bits per heavy atom. The van der Waals surface area contributed by atoms with E-state index < -0.39 is 0 Å². The first-order chi connectivity index (χ1) is 6.15. The number of hydrogen-bond donors (Lipinski definition) is 0. The number of carbonyl (C=O) groups is 1. The standard InChI is InChI=1S/C9H11NO2S/c1-9(3-4-9)8-10-5-6(13-8)7(11)12-2/h5H,3-4H2,1-2H3. The topological polar surface area (TPSA) is 39.2 Å². The Morgan fingerprint density at radius 3 is 2.92 bits per heavy atom. The lowest BCUT2D eigenvalue weighted by atomic mass is 10.2. The Bertz CT molecular complexity index is 341. The van der Waals surface area contributed by atoms with E-state index in [-0.39, 0.29) is 11.4 Å². The second-order valence-electron chi connectivity index (χ2n) is 3.58. The average molecular weight is 197 g/mol. The molecule has 1 aliphatic rings. The normalized spacial score (nSPS) is 18.3. The van der Waals surface area contributed by atoms with E-state index in [9.17, 15) is 4.79 Å². The van der Waals surface area contributed by atoms with Crippen molar-refractivity contribution in [2.45, 2.75) is 25.2 Å². The zero-order chi connectivity index (χ0) is 9.47. The predicted molar refractivity (Wildman–Crippen MR) is 50.0 cm³/mol. The molecular formula is C9H11NO2S. The lowest BCUT2D eigenvalue weighted by molar-refractivity contribution is 0.0606. The number of methoxy groups -OCH3 is 1. The van der Waals surface area contributed by atoms with Crippen molar-refractivity contribution < 1.29 is 9.53 Å². The molecule has 0 amide bonds. The summed E-state index contributed by atoms with van der Waals surface area (Å²) in [6, 6.07) is 0. The number of rotatable bonds is 2. The molecule has 0 atom stereocenters. The van der Waals surface area contributed by atoms with Crippen LogP contribution in [0.2, 0.25) is 0 Å². The minimum Gasteiger partial charge on any atom is -0.465 e. The lowest BCUT2D eigenvalue weighted by Gasteiger charge is -1.99. The third-order valence-electron chi connectivity index (χ3n) is 2.41. The van der Waals surface area contributed by atoms with Crippen molar-refractivity contribution in [1.29, 1.82) is 0 Å². The van der Waals surface area contributed by atoms with E-state index >= 15 is 0 Å². The Hall–Kier alpha value is -0.900. The van der Waals surface area contributed by atoms with Crippen LogP contribution >= 0.6 is 11.3 Å². The first-order valence-corrected chi connectivity index (χ1v) is 5.02. The number of nitrogens with zero attached hydrogens (tertiary/aromatic N) is 1. The van der Waals surface area contributed by atoms with Crippen molar-refractivity contribution in [1.82, 2.24) is 4.98 Å². The maximum absolute atomic E-state index is 11.1. The molecule has 70 valence electrons. The van der Waals surface area contributed by atoms with E-state index in [2.05, 4.69) is 16.6 Å². The van der Waals surface area contributed by atoms with E-state index in [1.54, 1.807) is 6.20 Å². The van der Waals surface area contributed by atoms with Gasteiger partial charge in [-0.2, -0.15) is 0 Å². The summed E-state index contributed by atoms with van der Waals surface area (Å²) < 4.78 is 4.61. The minimum absolute atomic E-state index is 0.247. The summed E-state index contributed by atoms with van der Waals surface area (Å²) in [5, 5.41) is 1.06. The van der Waals surface area contributed by atoms with E-state index in [4.69, 9.17) is 0 Å². The van der Waals surface area contributed by atoms with Crippen LogP contribution in [0.25, 0.3) is 0 Å². The molecule has 0 aliphatic heterocycles. The van der Waals surface area contributed by atoms with Crippen LogP contribution in [0.3, 0.4) is 0 Å². The average Bonchev–Trinajstić information content (AvgIpc) is 2.72. The lowest BCUT2D eigenvalue weighted by Crippen LogP contribution is -1.98. The van der Waals surface area contributed by atoms with E-state index in [0.717, 1.165) is 5.01 Å². The Labute approximate surface area is 80.8 Å². The Balaban J connectivity index is 2.23. The molecule has 13 heavy (non-hydrogen) atoms. The number of hydrogen-bond acceptors (Lipinski definition) is 4. The highest BCUT2D eigenvalue weighted by Gasteiger charge is 2.42. The van der Waals surface area contributed by atoms with Crippen molar-refractivity contribution >= 4 is 17.3 Å². The molecule has 0 radical (unpaired) electrons. The Kier molecular flexibility index (Phi) is 1.87. The number of thiazole rings is 1. The largest absolute Gasteiger partial charge is 0.465 e. The molecule has 1 fully saturated rings. The van der Waals surface area contributed by atoms with Gasteiger partial charge in [-0.3, -0.25) is 0 Å². The second-order valence-corrected chi connectivity index (χ2v) is 4.61. The van der Waals surface area contributed by atoms with Crippen LogP contribution < -0.4 is 0 Å². The summed E-state index contributed by atoms with van der Waals surface area (Å²) in [4.78, 5) is 16.0. The number of ether oxygens (including phenoxy) is 1. The van der Waals surface area contributed by atoms with Gasteiger partial charge in [-0.25, -0.2) is 9.78 Å². The Morgan fingerprint density at radius 1 is 1.69 bits per heavy atom. The maximum atomic E-state index is 11.1. The fourth-order valence-electron chi connectivity index (χ4n) is 1.15. The number of aromatic nitrogens is 1. The highest BCUT2D eigenvalue weighted by molar-refractivity contribution is 7.13. The van der Waals surface area contributed by atoms with Crippen molar-refractivity contribution in [3.8, 4) is 0 Å². The fraction of sp³-hybridized carbons (Fsp3) is 0.556. The van der Waals surface area contributed by atoms with Gasteiger partial charge in [0.05, 0.1) is 18.3 Å². The van der Waals surface area contributed by atoms with Crippen LogP contribution in [0.1, 0.15) is 34.4 Å². The third-order valence-corrected chi connectivity index (χ3v) is 3.69. The summed E-state index contributed by atoms with van der Waals surface area (Å²) >= 11 is 1.45. The van der Waals surface area contributed by atoms with Gasteiger partial charge in [-0.15, -0.1) is 11.3 Å². The molecule has 2 rings (SSSR count). The molecule has 0 saturated heterocycles. The predicted octanol–water partition coefficient (Wildman–Crippen LogP) is 1.98. The van der Waals surface area contributed by atoms with E-state index in [0.29, 0.717) is 4.88 Å². The summed E-state index contributed by atoms with van der Waals surface area (Å²) in [6.45, 7) is 2.17. The summed E-state index contributed by atoms with van der Waals surface area (Å²) in [5.41, 5.74) is 0.247. The van der Waals surface area contributed by atoms with Gasteiger partial charge in [-0.05, 0) is 12.8 Å². The van der Waals surface area contributed by atoms with Crippen LogP contribution in [-0.4, -0.2) is 18.1 Å². The van der Waals surface area contributed by atoms with Crippen molar-refractivity contribution in [2.24, 2.45) is 0 Å². The van der Waals surface area contributed by atoms with Gasteiger partial charge in [0, 0.05) is 5.41 Å². The monoisotopic (exact) mass is 197 g/mol. The molecule has 4 heteroatoms. The summed E-state index contributed by atoms with van der Waals surface area (Å²) in [6.07, 6.45) is 3.97. The smallest absolute Gasteiger partial charge is 0.349 e. The number of carbonyl (C=O) groups excluding carboxylic acids is 1. The van der Waals surface area contributed by atoms with Crippen molar-refractivity contribution in [3.05, 3.63) is 16.1 Å². The molecule has 0 N–H and O–H groups in total. The van der Waals surface area contributed by atoms with E-state index in [1.807, 2.05) is 0 Å². The van der Waals surface area contributed by atoms with Gasteiger partial charge in [0.15, 0.2) is 0 Å². The maximum Gasteiger partial charge on any atom is 0.349 e. The third kappa shape index (κ3) is 1.46. The second kappa shape index (κ2) is 2.80. The van der Waals surface area contributed by atoms with Crippen LogP contribution in [0.15, 0.2) is 6.20 Å². The van der Waals surface area contributed by atoms with Gasteiger partial charge in [0.1, 0.15) is 4.88 Å².